The molecule has 1 aliphatic rings. The highest BCUT2D eigenvalue weighted by Crippen LogP contribution is 2.25. The minimum atomic E-state index is -0.161. The summed E-state index contributed by atoms with van der Waals surface area (Å²) in [5.41, 5.74) is 6.48. The van der Waals surface area contributed by atoms with Gasteiger partial charge in [0.2, 0.25) is 5.91 Å². The Labute approximate surface area is 125 Å². The average Bonchev–Trinajstić information content (AvgIpc) is 2.52. The van der Waals surface area contributed by atoms with E-state index in [1.807, 2.05) is 18.2 Å². The molecule has 5 heteroatoms. The van der Waals surface area contributed by atoms with E-state index in [4.69, 9.17) is 15.2 Å². The lowest BCUT2D eigenvalue weighted by Crippen LogP contribution is -2.36. The van der Waals surface area contributed by atoms with Gasteiger partial charge in [-0.3, -0.25) is 4.79 Å². The van der Waals surface area contributed by atoms with Crippen molar-refractivity contribution < 1.29 is 14.3 Å². The number of hydrogen-bond donors (Lipinski definition) is 2. The van der Waals surface area contributed by atoms with Crippen LogP contribution in [-0.4, -0.2) is 26.2 Å². The number of carbonyl (C=O) groups is 1. The molecule has 116 valence electrons. The molecule has 0 radical (unpaired) electrons. The molecule has 5 nitrogen and oxygen atoms in total. The topological polar surface area (TPSA) is 73.6 Å². The monoisotopic (exact) mass is 292 g/mol. The fourth-order valence-electron chi connectivity index (χ4n) is 2.81. The van der Waals surface area contributed by atoms with Crippen molar-refractivity contribution in [3.63, 3.8) is 0 Å². The molecule has 1 saturated carbocycles. The molecule has 1 aliphatic carbocycles. The van der Waals surface area contributed by atoms with Crippen molar-refractivity contribution in [1.82, 2.24) is 5.32 Å². The van der Waals surface area contributed by atoms with Gasteiger partial charge in [-0.2, -0.15) is 0 Å². The van der Waals surface area contributed by atoms with Crippen molar-refractivity contribution in [2.24, 2.45) is 11.7 Å². The molecule has 0 aliphatic heterocycles. The Hall–Kier alpha value is -1.75. The van der Waals surface area contributed by atoms with E-state index in [-0.39, 0.29) is 11.8 Å². The van der Waals surface area contributed by atoms with E-state index in [1.54, 1.807) is 14.2 Å². The van der Waals surface area contributed by atoms with Crippen LogP contribution in [0.5, 0.6) is 11.5 Å². The van der Waals surface area contributed by atoms with Gasteiger partial charge in [-0.15, -0.1) is 0 Å². The van der Waals surface area contributed by atoms with Gasteiger partial charge in [0.1, 0.15) is 11.5 Å². The Morgan fingerprint density at radius 1 is 1.14 bits per heavy atom. The summed E-state index contributed by atoms with van der Waals surface area (Å²) in [4.78, 5) is 11.2. The molecular weight excluding hydrogens is 268 g/mol. The number of hydrogen-bond acceptors (Lipinski definition) is 4. The van der Waals surface area contributed by atoms with E-state index in [1.165, 1.54) is 0 Å². The highest BCUT2D eigenvalue weighted by Gasteiger charge is 2.24. The zero-order chi connectivity index (χ0) is 15.2. The molecule has 0 atom stereocenters. The van der Waals surface area contributed by atoms with Gasteiger partial charge in [0.15, 0.2) is 0 Å². The number of methoxy groups -OCH3 is 2. The van der Waals surface area contributed by atoms with Crippen LogP contribution in [0.4, 0.5) is 0 Å². The van der Waals surface area contributed by atoms with Crippen LogP contribution < -0.4 is 20.5 Å². The van der Waals surface area contributed by atoms with E-state index >= 15 is 0 Å². The zero-order valence-corrected chi connectivity index (χ0v) is 12.7. The molecule has 0 spiro atoms. The van der Waals surface area contributed by atoms with Crippen molar-refractivity contribution in [1.29, 1.82) is 0 Å². The minimum Gasteiger partial charge on any atom is -0.497 e. The first-order valence-corrected chi connectivity index (χ1v) is 7.37. The highest BCUT2D eigenvalue weighted by atomic mass is 16.5. The lowest BCUT2D eigenvalue weighted by Gasteiger charge is -2.27. The van der Waals surface area contributed by atoms with E-state index in [0.717, 1.165) is 49.3 Å². The van der Waals surface area contributed by atoms with Crippen molar-refractivity contribution >= 4 is 5.91 Å². The number of primary amides is 1. The lowest BCUT2D eigenvalue weighted by atomic mass is 9.85. The summed E-state index contributed by atoms with van der Waals surface area (Å²) in [6, 6.07) is 6.31. The maximum Gasteiger partial charge on any atom is 0.220 e. The number of rotatable bonds is 6. The second kappa shape index (κ2) is 7.31. The van der Waals surface area contributed by atoms with Crippen LogP contribution >= 0.6 is 0 Å². The maximum atomic E-state index is 11.2. The number of ether oxygens (including phenoxy) is 2. The van der Waals surface area contributed by atoms with E-state index in [0.29, 0.717) is 6.04 Å². The Balaban J connectivity index is 1.87. The summed E-state index contributed by atoms with van der Waals surface area (Å²) in [5, 5.41) is 3.54. The predicted molar refractivity (Wildman–Crippen MR) is 81.3 cm³/mol. The van der Waals surface area contributed by atoms with Crippen molar-refractivity contribution in [2.45, 2.75) is 38.3 Å². The maximum absolute atomic E-state index is 11.2. The van der Waals surface area contributed by atoms with E-state index < -0.39 is 0 Å². The Bertz CT molecular complexity index is 460. The van der Waals surface area contributed by atoms with Crippen LogP contribution in [0.1, 0.15) is 31.2 Å². The molecule has 1 amide bonds. The predicted octanol–water partition coefficient (Wildman–Crippen LogP) is 1.84. The molecule has 1 fully saturated rings. The second-order valence-electron chi connectivity index (χ2n) is 5.55. The van der Waals surface area contributed by atoms with Gasteiger partial charge in [0.05, 0.1) is 14.2 Å². The number of nitrogens with two attached hydrogens (primary N) is 1. The molecule has 2 rings (SSSR count). The van der Waals surface area contributed by atoms with E-state index in [2.05, 4.69) is 5.32 Å². The van der Waals surface area contributed by atoms with Crippen molar-refractivity contribution in [3.8, 4) is 11.5 Å². The van der Waals surface area contributed by atoms with Crippen LogP contribution in [0.3, 0.4) is 0 Å². The second-order valence-corrected chi connectivity index (χ2v) is 5.55. The SMILES string of the molecule is COc1cc(CNC2CCC(C(N)=O)CC2)cc(OC)c1. The third kappa shape index (κ3) is 4.36. The van der Waals surface area contributed by atoms with Gasteiger partial charge in [0, 0.05) is 24.6 Å². The summed E-state index contributed by atoms with van der Waals surface area (Å²) in [5.74, 6) is 1.48. The van der Waals surface area contributed by atoms with Crippen LogP contribution in [0.2, 0.25) is 0 Å². The fourth-order valence-corrected chi connectivity index (χ4v) is 2.81. The van der Waals surface area contributed by atoms with Crippen LogP contribution in [0, 0.1) is 5.92 Å². The summed E-state index contributed by atoms with van der Waals surface area (Å²) in [7, 11) is 3.30. The summed E-state index contributed by atoms with van der Waals surface area (Å²) >= 11 is 0. The van der Waals surface area contributed by atoms with Gasteiger partial charge in [-0.1, -0.05) is 0 Å². The zero-order valence-electron chi connectivity index (χ0n) is 12.7. The number of benzene rings is 1. The first-order valence-electron chi connectivity index (χ1n) is 7.37. The third-order valence-corrected chi connectivity index (χ3v) is 4.14. The largest absolute Gasteiger partial charge is 0.497 e. The molecular formula is C16H24N2O3. The van der Waals surface area contributed by atoms with Crippen LogP contribution in [0.25, 0.3) is 0 Å². The standard InChI is InChI=1S/C16H24N2O3/c1-20-14-7-11(8-15(9-14)21-2)10-18-13-5-3-12(4-6-13)16(17)19/h7-9,12-13,18H,3-6,10H2,1-2H3,(H2,17,19). The molecule has 1 aromatic carbocycles. The number of amides is 1. The molecule has 0 heterocycles. The molecule has 21 heavy (non-hydrogen) atoms. The van der Waals surface area contributed by atoms with E-state index in [9.17, 15) is 4.79 Å². The number of nitrogens with one attached hydrogen (secondary N) is 1. The quantitative estimate of drug-likeness (QED) is 0.839. The fraction of sp³-hybridized carbons (Fsp3) is 0.562. The molecule has 3 N–H and O–H groups in total. The Morgan fingerprint density at radius 2 is 1.71 bits per heavy atom. The van der Waals surface area contributed by atoms with Crippen molar-refractivity contribution in [3.05, 3.63) is 23.8 Å². The molecule has 1 aromatic rings. The molecule has 0 saturated heterocycles. The summed E-state index contributed by atoms with van der Waals surface area (Å²) in [6.45, 7) is 0.763. The smallest absolute Gasteiger partial charge is 0.220 e. The summed E-state index contributed by atoms with van der Waals surface area (Å²) < 4.78 is 10.5. The van der Waals surface area contributed by atoms with Gasteiger partial charge < -0.3 is 20.5 Å². The Morgan fingerprint density at radius 3 is 2.19 bits per heavy atom. The summed E-state index contributed by atoms with van der Waals surface area (Å²) in [6.07, 6.45) is 3.76. The lowest BCUT2D eigenvalue weighted by molar-refractivity contribution is -0.122. The van der Waals surface area contributed by atoms with Crippen molar-refractivity contribution in [2.75, 3.05) is 14.2 Å². The van der Waals surface area contributed by atoms with Crippen LogP contribution in [0.15, 0.2) is 18.2 Å². The minimum absolute atomic E-state index is 0.0555. The molecule has 0 bridgehead atoms. The third-order valence-electron chi connectivity index (χ3n) is 4.14. The first-order chi connectivity index (χ1) is 10.1. The Kier molecular flexibility index (Phi) is 5.44. The first kappa shape index (κ1) is 15.6. The number of carbonyl (C=O) groups excluding carboxylic acids is 1. The highest BCUT2D eigenvalue weighted by molar-refractivity contribution is 5.76. The van der Waals surface area contributed by atoms with Gasteiger partial charge in [-0.05, 0) is 43.4 Å². The average molecular weight is 292 g/mol. The normalized spacial score (nSPS) is 21.8. The molecule has 0 unspecified atom stereocenters. The van der Waals surface area contributed by atoms with Crippen LogP contribution in [-0.2, 0) is 11.3 Å². The van der Waals surface area contributed by atoms with Gasteiger partial charge in [0.25, 0.3) is 0 Å². The molecule has 0 aromatic heterocycles. The van der Waals surface area contributed by atoms with Gasteiger partial charge in [-0.25, -0.2) is 0 Å². The van der Waals surface area contributed by atoms with Gasteiger partial charge >= 0.3 is 0 Å².